The predicted octanol–water partition coefficient (Wildman–Crippen LogP) is 9.05. The normalized spacial score (nSPS) is 30.3. The second-order valence-electron chi connectivity index (χ2n) is 22.6. The van der Waals surface area contributed by atoms with E-state index in [4.69, 9.17) is 27.8 Å². The van der Waals surface area contributed by atoms with E-state index >= 15 is 0 Å². The molecule has 372 valence electrons. The van der Waals surface area contributed by atoms with E-state index < -0.39 is 28.8 Å². The quantitative estimate of drug-likeness (QED) is 0.0850. The molecule has 4 aromatic carbocycles. The molecule has 0 aromatic heterocycles. The van der Waals surface area contributed by atoms with Crippen LogP contribution in [0, 0.1) is 11.8 Å². The van der Waals surface area contributed by atoms with E-state index in [1.807, 2.05) is 0 Å². The van der Waals surface area contributed by atoms with Crippen molar-refractivity contribution in [1.82, 2.24) is 0 Å². The van der Waals surface area contributed by atoms with Gasteiger partial charge in [0.2, 0.25) is 0 Å². The van der Waals surface area contributed by atoms with E-state index in [0.29, 0.717) is 32.3 Å². The topological polar surface area (TPSA) is 95.8 Å². The molecule has 2 N–H and O–H groups in total. The fourth-order valence-corrected chi connectivity index (χ4v) is 21.6. The Morgan fingerprint density at radius 2 is 1.12 bits per heavy atom. The van der Waals surface area contributed by atoms with Crippen molar-refractivity contribution in [3.63, 3.8) is 0 Å². The highest BCUT2D eigenvalue weighted by atomic mass is 28.4. The van der Waals surface area contributed by atoms with Crippen LogP contribution in [-0.4, -0.2) is 101 Å². The molecular formula is C59H80O8Si2. The van der Waals surface area contributed by atoms with E-state index in [1.165, 1.54) is 20.7 Å². The highest BCUT2D eigenvalue weighted by Crippen LogP contribution is 2.45. The second-order valence-corrected chi connectivity index (χ2v) is 31.2. The minimum atomic E-state index is -3.06. The van der Waals surface area contributed by atoms with Crippen molar-refractivity contribution in [1.29, 1.82) is 0 Å². The lowest BCUT2D eigenvalue weighted by Gasteiger charge is -2.53. The Balaban J connectivity index is 1.09. The number of aliphatic hydroxyl groups excluding tert-OH is 2. The lowest BCUT2D eigenvalue weighted by molar-refractivity contribution is -0.267. The lowest BCUT2D eigenvalue weighted by atomic mass is 9.79. The van der Waals surface area contributed by atoms with Gasteiger partial charge < -0.3 is 38.0 Å². The summed E-state index contributed by atoms with van der Waals surface area (Å²) in [6.07, 6.45) is 1.82. The molecule has 0 spiro atoms. The number of hydrogen-bond acceptors (Lipinski definition) is 8. The van der Waals surface area contributed by atoms with Crippen LogP contribution in [0.5, 0.6) is 0 Å². The lowest BCUT2D eigenvalue weighted by Crippen LogP contribution is -2.70. The zero-order valence-corrected chi connectivity index (χ0v) is 44.6. The minimum absolute atomic E-state index is 0.00773. The first-order chi connectivity index (χ1) is 33.0. The summed E-state index contributed by atoms with van der Waals surface area (Å²) >= 11 is 0. The maximum Gasteiger partial charge on any atom is 0.261 e. The van der Waals surface area contributed by atoms with Gasteiger partial charge in [-0.15, -0.1) is 0 Å². The maximum atomic E-state index is 12.2. The molecule has 12 atom stereocenters. The minimum Gasteiger partial charge on any atom is -0.407 e. The van der Waals surface area contributed by atoms with Gasteiger partial charge >= 0.3 is 0 Å². The largest absolute Gasteiger partial charge is 0.407 e. The zero-order valence-electron chi connectivity index (χ0n) is 42.6. The first kappa shape index (κ1) is 51.8. The molecule has 8 nitrogen and oxygen atoms in total. The Labute approximate surface area is 415 Å². The van der Waals surface area contributed by atoms with E-state index in [-0.39, 0.29) is 77.4 Å². The van der Waals surface area contributed by atoms with E-state index in [1.54, 1.807) is 0 Å². The van der Waals surface area contributed by atoms with Crippen LogP contribution in [-0.2, 0) is 27.8 Å². The van der Waals surface area contributed by atoms with Gasteiger partial charge in [-0.05, 0) is 80.0 Å². The Hall–Kier alpha value is -3.53. The third-order valence-corrected chi connectivity index (χ3v) is 26.1. The molecule has 4 heterocycles. The predicted molar refractivity (Wildman–Crippen MR) is 283 cm³/mol. The fraction of sp³-hybridized carbons (Fsp3) is 0.525. The summed E-state index contributed by atoms with van der Waals surface area (Å²) < 4.78 is 43.1. The van der Waals surface area contributed by atoms with Crippen molar-refractivity contribution in [2.24, 2.45) is 11.8 Å². The first-order valence-corrected chi connectivity index (χ1v) is 29.6. The molecule has 4 aliphatic rings. The number of rotatable bonds is 16. The van der Waals surface area contributed by atoms with Gasteiger partial charge in [-0.1, -0.05) is 190 Å². The molecule has 10 heteroatoms. The standard InChI is InChI=1S/C59H80O8Si2/c1-40-35-44(31-32-50-41(2)36-45(39-60)64-50)63-52(42(40)3)37-54-56(61)43(4)57-55(65-54)38-53(67-69(59(8,9)10,48-27-19-13-20-28-48)49-29-21-14-22-30-49)51(66-57)33-34-62-68(58(5,6)7,46-23-15-11-16-24-46)47-25-17-12-18-26-47/h11-30,40,43-45,50-57,60-61H,2-3,31-39H2,1,4-10H3/t40?,43-,44?,45?,50+,51?,52?,53?,54+,55?,56?,57+/m1/s1. The number of hydrogen-bond donors (Lipinski definition) is 2. The van der Waals surface area contributed by atoms with Crippen molar-refractivity contribution >= 4 is 37.4 Å². The van der Waals surface area contributed by atoms with Crippen molar-refractivity contribution < 1.29 is 38.0 Å². The zero-order chi connectivity index (χ0) is 49.1. The van der Waals surface area contributed by atoms with E-state index in [9.17, 15) is 10.2 Å². The third-order valence-electron chi connectivity index (χ3n) is 16.0. The van der Waals surface area contributed by atoms with Crippen LogP contribution in [0.25, 0.3) is 0 Å². The van der Waals surface area contributed by atoms with Crippen molar-refractivity contribution in [2.45, 2.75) is 171 Å². The van der Waals surface area contributed by atoms with Crippen LogP contribution < -0.4 is 20.7 Å². The highest BCUT2D eigenvalue weighted by Gasteiger charge is 2.57. The summed E-state index contributed by atoms with van der Waals surface area (Å²) in [4.78, 5) is 0. The first-order valence-electron chi connectivity index (χ1n) is 25.8. The van der Waals surface area contributed by atoms with Gasteiger partial charge in [-0.25, -0.2) is 0 Å². The van der Waals surface area contributed by atoms with Gasteiger partial charge in [0.1, 0.15) is 0 Å². The fourth-order valence-electron chi connectivity index (χ4n) is 12.3. The number of fused-ring (bicyclic) bond motifs is 1. The molecule has 4 saturated heterocycles. The van der Waals surface area contributed by atoms with Crippen LogP contribution in [0.4, 0.5) is 0 Å². The van der Waals surface area contributed by atoms with Crippen LogP contribution in [0.1, 0.15) is 100 Å². The van der Waals surface area contributed by atoms with Crippen molar-refractivity contribution in [2.75, 3.05) is 13.2 Å². The molecule has 8 rings (SSSR count). The second kappa shape index (κ2) is 21.7. The molecule has 4 aromatic rings. The molecule has 0 aliphatic carbocycles. The number of ether oxygens (including phenoxy) is 4. The SMILES string of the molecule is C=C1C(C)CC(CC[C@@H]2OC(CO)CC2=C)OC1C[C@@H]1OC2CC(O[Si](c3ccccc3)(c3ccccc3)C(C)(C)C)C(CCO[Si](c3ccccc3)(c3ccccc3)C(C)(C)C)O[C@H]2[C@H](C)C1O. The molecular weight excluding hydrogens is 893 g/mol. The molecule has 0 amide bonds. The Bertz CT molecular complexity index is 2200. The molecule has 4 aliphatic heterocycles. The molecule has 0 radical (unpaired) electrons. The Kier molecular flexibility index (Phi) is 16.3. The third kappa shape index (κ3) is 10.7. The summed E-state index contributed by atoms with van der Waals surface area (Å²) in [5.41, 5.74) is 2.09. The van der Waals surface area contributed by atoms with Crippen LogP contribution in [0.3, 0.4) is 0 Å². The van der Waals surface area contributed by atoms with Crippen molar-refractivity contribution in [3.8, 4) is 0 Å². The Morgan fingerprint density at radius 1 is 0.609 bits per heavy atom. The maximum absolute atomic E-state index is 12.2. The van der Waals surface area contributed by atoms with E-state index in [0.717, 1.165) is 30.4 Å². The smallest absolute Gasteiger partial charge is 0.261 e. The molecule has 69 heavy (non-hydrogen) atoms. The van der Waals surface area contributed by atoms with E-state index in [2.05, 4.69) is 190 Å². The number of aliphatic hydroxyl groups is 2. The summed E-state index contributed by atoms with van der Waals surface area (Å²) in [6, 6.07) is 43.3. The molecule has 0 bridgehead atoms. The van der Waals surface area contributed by atoms with Crippen molar-refractivity contribution in [3.05, 3.63) is 146 Å². The van der Waals surface area contributed by atoms with Gasteiger partial charge in [0.05, 0.1) is 67.6 Å². The average molecular weight is 973 g/mol. The molecule has 8 unspecified atom stereocenters. The van der Waals surface area contributed by atoms with Gasteiger partial charge in [0.15, 0.2) is 0 Å². The highest BCUT2D eigenvalue weighted by molar-refractivity contribution is 7.00. The van der Waals surface area contributed by atoms with Crippen LogP contribution in [0.15, 0.2) is 146 Å². The molecule has 4 fully saturated rings. The van der Waals surface area contributed by atoms with Crippen LogP contribution >= 0.6 is 0 Å². The van der Waals surface area contributed by atoms with Gasteiger partial charge in [-0.3, -0.25) is 0 Å². The number of benzene rings is 4. The monoisotopic (exact) mass is 973 g/mol. The molecule has 0 saturated carbocycles. The van der Waals surface area contributed by atoms with Gasteiger partial charge in [0, 0.05) is 25.4 Å². The van der Waals surface area contributed by atoms with Crippen LogP contribution in [0.2, 0.25) is 10.1 Å². The summed E-state index contributed by atoms with van der Waals surface area (Å²) in [5.74, 6) is 0.0457. The summed E-state index contributed by atoms with van der Waals surface area (Å²) in [7, 11) is -5.91. The summed E-state index contributed by atoms with van der Waals surface area (Å²) in [6.45, 7) is 27.5. The van der Waals surface area contributed by atoms with Gasteiger partial charge in [0.25, 0.3) is 16.6 Å². The average Bonchev–Trinajstić information content (AvgIpc) is 3.71. The van der Waals surface area contributed by atoms with Gasteiger partial charge in [-0.2, -0.15) is 0 Å². The Morgan fingerprint density at radius 3 is 1.61 bits per heavy atom. The summed E-state index contributed by atoms with van der Waals surface area (Å²) in [5, 5.41) is 26.4.